The summed E-state index contributed by atoms with van der Waals surface area (Å²) < 4.78 is 39.0. The molecule has 1 aliphatic rings. The van der Waals surface area contributed by atoms with E-state index in [1.54, 1.807) is 0 Å². The van der Waals surface area contributed by atoms with Crippen molar-refractivity contribution in [2.75, 3.05) is 5.32 Å². The van der Waals surface area contributed by atoms with Crippen LogP contribution in [0.25, 0.3) is 0 Å². The van der Waals surface area contributed by atoms with Gasteiger partial charge in [-0.2, -0.15) is 5.10 Å². The van der Waals surface area contributed by atoms with Gasteiger partial charge in [0.05, 0.1) is 11.7 Å². The topological polar surface area (TPSA) is 82.5 Å². The minimum Gasteiger partial charge on any atom is -0.468 e. The zero-order valence-corrected chi connectivity index (χ0v) is 19.7. The quantitative estimate of drug-likeness (QED) is 0.432. The minimum absolute atomic E-state index is 0.107. The summed E-state index contributed by atoms with van der Waals surface area (Å²) in [6, 6.07) is 4.48. The van der Waals surface area contributed by atoms with Gasteiger partial charge < -0.3 is 14.8 Å². The molecular formula is C24H25F2N3O4S. The number of rotatable bonds is 8. The van der Waals surface area contributed by atoms with Crippen LogP contribution in [-0.4, -0.2) is 27.8 Å². The number of thiophene rings is 1. The third-order valence-electron chi connectivity index (χ3n) is 5.61. The highest BCUT2D eigenvalue weighted by Gasteiger charge is 2.28. The van der Waals surface area contributed by atoms with Gasteiger partial charge in [0.25, 0.3) is 5.91 Å². The normalized spacial score (nSPS) is 13.8. The lowest BCUT2D eigenvalue weighted by Crippen LogP contribution is -2.19. The van der Waals surface area contributed by atoms with Gasteiger partial charge in [-0.25, -0.2) is 18.3 Å². The SMILES string of the molecule is CCC(C)OC(=O)c1c(NC(=O)c2ccn(COc3ccc(F)cc3F)n2)sc2c1CCCC2. The molecule has 0 radical (unpaired) electrons. The molecule has 1 atom stereocenters. The number of amides is 1. The van der Waals surface area contributed by atoms with Crippen LogP contribution in [-0.2, 0) is 24.3 Å². The zero-order chi connectivity index (χ0) is 24.2. The number of carbonyl (C=O) groups is 2. The second-order valence-electron chi connectivity index (χ2n) is 8.08. The number of hydrogen-bond acceptors (Lipinski definition) is 6. The van der Waals surface area contributed by atoms with Crippen molar-refractivity contribution in [1.29, 1.82) is 0 Å². The Morgan fingerprint density at radius 1 is 1.24 bits per heavy atom. The van der Waals surface area contributed by atoms with Crippen LogP contribution in [0.15, 0.2) is 30.5 Å². The van der Waals surface area contributed by atoms with Crippen LogP contribution >= 0.6 is 11.3 Å². The highest BCUT2D eigenvalue weighted by Crippen LogP contribution is 2.39. The number of fused-ring (bicyclic) bond motifs is 1. The summed E-state index contributed by atoms with van der Waals surface area (Å²) in [7, 11) is 0. The molecule has 0 aliphatic heterocycles. The van der Waals surface area contributed by atoms with Gasteiger partial charge in [-0.15, -0.1) is 11.3 Å². The lowest BCUT2D eigenvalue weighted by Gasteiger charge is -2.15. The smallest absolute Gasteiger partial charge is 0.341 e. The lowest BCUT2D eigenvalue weighted by molar-refractivity contribution is 0.0335. The maximum atomic E-state index is 13.7. The van der Waals surface area contributed by atoms with Crippen molar-refractivity contribution in [3.63, 3.8) is 0 Å². The average molecular weight is 490 g/mol. The average Bonchev–Trinajstić information content (AvgIpc) is 3.42. The molecule has 2 aromatic heterocycles. The number of aryl methyl sites for hydroxylation is 1. The maximum absolute atomic E-state index is 13.7. The summed E-state index contributed by atoms with van der Waals surface area (Å²) in [5.41, 5.74) is 1.50. The fraction of sp³-hybridized carbons (Fsp3) is 0.375. The predicted octanol–water partition coefficient (Wildman–Crippen LogP) is 5.35. The molecule has 3 aromatic rings. The first-order valence-corrected chi connectivity index (χ1v) is 12.0. The standard InChI is InChI=1S/C24H25F2N3O4S/c1-3-14(2)33-24(31)21-16-6-4-5-7-20(16)34-23(21)27-22(30)18-10-11-29(28-18)13-32-19-9-8-15(25)12-17(19)26/h8-12,14H,3-7,13H2,1-2H3,(H,27,30). The molecule has 0 fully saturated rings. The third kappa shape index (κ3) is 5.27. The Kier molecular flexibility index (Phi) is 7.26. The zero-order valence-electron chi connectivity index (χ0n) is 18.9. The van der Waals surface area contributed by atoms with Gasteiger partial charge in [-0.3, -0.25) is 4.79 Å². The minimum atomic E-state index is -0.830. The molecule has 2 heterocycles. The maximum Gasteiger partial charge on any atom is 0.341 e. The van der Waals surface area contributed by atoms with E-state index in [-0.39, 0.29) is 24.3 Å². The first-order chi connectivity index (χ1) is 16.4. The van der Waals surface area contributed by atoms with Crippen molar-refractivity contribution >= 4 is 28.2 Å². The molecule has 4 rings (SSSR count). The first-order valence-electron chi connectivity index (χ1n) is 11.1. The summed E-state index contributed by atoms with van der Waals surface area (Å²) in [6.07, 6.45) is 5.65. The van der Waals surface area contributed by atoms with Crippen LogP contribution in [0.5, 0.6) is 5.75 Å². The number of ether oxygens (including phenoxy) is 2. The molecule has 10 heteroatoms. The Morgan fingerprint density at radius 3 is 2.79 bits per heavy atom. The van der Waals surface area contributed by atoms with Crippen LogP contribution in [0.2, 0.25) is 0 Å². The molecule has 1 N–H and O–H groups in total. The molecule has 7 nitrogen and oxygen atoms in total. The van der Waals surface area contributed by atoms with Crippen molar-refractivity contribution in [1.82, 2.24) is 9.78 Å². The Labute approximate surface area is 199 Å². The van der Waals surface area contributed by atoms with Crippen molar-refractivity contribution < 1.29 is 27.8 Å². The molecule has 1 unspecified atom stereocenters. The lowest BCUT2D eigenvalue weighted by atomic mass is 9.95. The molecule has 0 bridgehead atoms. The Bertz CT molecular complexity index is 1210. The molecular weight excluding hydrogens is 464 g/mol. The second-order valence-corrected chi connectivity index (χ2v) is 9.19. The van der Waals surface area contributed by atoms with Crippen LogP contribution in [0.3, 0.4) is 0 Å². The van der Waals surface area contributed by atoms with E-state index in [0.717, 1.165) is 48.3 Å². The molecule has 34 heavy (non-hydrogen) atoms. The number of benzene rings is 1. The van der Waals surface area contributed by atoms with Crippen molar-refractivity contribution in [2.24, 2.45) is 0 Å². The molecule has 0 saturated heterocycles. The van der Waals surface area contributed by atoms with E-state index in [9.17, 15) is 18.4 Å². The summed E-state index contributed by atoms with van der Waals surface area (Å²) in [6.45, 7) is 3.60. The van der Waals surface area contributed by atoms with Crippen molar-refractivity contribution in [3.05, 3.63) is 63.8 Å². The van der Waals surface area contributed by atoms with Crippen molar-refractivity contribution in [2.45, 2.75) is 58.8 Å². The van der Waals surface area contributed by atoms with E-state index in [4.69, 9.17) is 9.47 Å². The summed E-state index contributed by atoms with van der Waals surface area (Å²) in [5, 5.41) is 7.44. The molecule has 1 amide bonds. The highest BCUT2D eigenvalue weighted by atomic mass is 32.1. The van der Waals surface area contributed by atoms with E-state index in [1.807, 2.05) is 13.8 Å². The van der Waals surface area contributed by atoms with Crippen LogP contribution in [0.1, 0.15) is 64.4 Å². The number of aromatic nitrogens is 2. The predicted molar refractivity (Wildman–Crippen MR) is 123 cm³/mol. The largest absolute Gasteiger partial charge is 0.468 e. The monoisotopic (exact) mass is 489 g/mol. The number of nitrogens with one attached hydrogen (secondary N) is 1. The number of carbonyl (C=O) groups excluding carboxylic acids is 2. The van der Waals surface area contributed by atoms with Crippen LogP contribution < -0.4 is 10.1 Å². The van der Waals surface area contributed by atoms with Crippen molar-refractivity contribution in [3.8, 4) is 5.75 Å². The third-order valence-corrected chi connectivity index (χ3v) is 6.81. The van der Waals surface area contributed by atoms with Gasteiger partial charge >= 0.3 is 5.97 Å². The van der Waals surface area contributed by atoms with Gasteiger partial charge in [0, 0.05) is 17.1 Å². The van der Waals surface area contributed by atoms with Gasteiger partial charge in [-0.1, -0.05) is 6.92 Å². The number of esters is 1. The van der Waals surface area contributed by atoms with Crippen LogP contribution in [0, 0.1) is 11.6 Å². The summed E-state index contributed by atoms with van der Waals surface area (Å²) in [4.78, 5) is 26.9. The first kappa shape index (κ1) is 23.9. The Balaban J connectivity index is 1.48. The Hall–Kier alpha value is -3.27. The van der Waals surface area contributed by atoms with E-state index in [2.05, 4.69) is 10.4 Å². The number of anilines is 1. The van der Waals surface area contributed by atoms with Crippen LogP contribution in [0.4, 0.5) is 13.8 Å². The second kappa shape index (κ2) is 10.3. The fourth-order valence-corrected chi connectivity index (χ4v) is 4.92. The number of hydrogen-bond donors (Lipinski definition) is 1. The Morgan fingerprint density at radius 2 is 2.03 bits per heavy atom. The molecule has 0 spiro atoms. The van der Waals surface area contributed by atoms with E-state index in [0.29, 0.717) is 17.0 Å². The fourth-order valence-electron chi connectivity index (χ4n) is 3.64. The van der Waals surface area contributed by atoms with Gasteiger partial charge in [0.2, 0.25) is 0 Å². The molecule has 1 aromatic carbocycles. The van der Waals surface area contributed by atoms with E-state index >= 15 is 0 Å². The van der Waals surface area contributed by atoms with Gasteiger partial charge in [-0.05, 0) is 62.8 Å². The van der Waals surface area contributed by atoms with E-state index < -0.39 is 23.5 Å². The number of nitrogens with zero attached hydrogens (tertiary/aromatic N) is 2. The van der Waals surface area contributed by atoms with Gasteiger partial charge in [0.15, 0.2) is 24.0 Å². The van der Waals surface area contributed by atoms with Gasteiger partial charge in [0.1, 0.15) is 10.8 Å². The summed E-state index contributed by atoms with van der Waals surface area (Å²) in [5.74, 6) is -2.57. The highest BCUT2D eigenvalue weighted by molar-refractivity contribution is 7.17. The number of halogens is 2. The molecule has 1 aliphatic carbocycles. The molecule has 180 valence electrons. The van der Waals surface area contributed by atoms with E-state index in [1.165, 1.54) is 34.3 Å². The summed E-state index contributed by atoms with van der Waals surface area (Å²) >= 11 is 1.40. The molecule has 0 saturated carbocycles.